The third kappa shape index (κ3) is 3.67. The minimum absolute atomic E-state index is 0.0596. The molecule has 4 nitrogen and oxygen atoms in total. The number of benzene rings is 2. The normalized spacial score (nSPS) is 35.8. The van der Waals surface area contributed by atoms with E-state index in [0.717, 1.165) is 18.3 Å². The van der Waals surface area contributed by atoms with E-state index in [1.807, 2.05) is 36.4 Å². The molecule has 0 radical (unpaired) electrons. The lowest BCUT2D eigenvalue weighted by molar-refractivity contribution is -0.137. The van der Waals surface area contributed by atoms with E-state index < -0.39 is 12.2 Å². The number of ether oxygens (including phenoxy) is 1. The molecule has 1 saturated heterocycles. The monoisotopic (exact) mass is 628 g/mol. The van der Waals surface area contributed by atoms with E-state index in [1.165, 1.54) is 0 Å². The molecule has 0 unspecified atom stereocenters. The predicted molar refractivity (Wildman–Crippen MR) is 129 cm³/mol. The number of hydrogen-bond acceptors (Lipinski definition) is 4. The number of ketones is 2. The Morgan fingerprint density at radius 2 is 1.33 bits per heavy atom. The van der Waals surface area contributed by atoms with Crippen molar-refractivity contribution >= 4 is 56.7 Å². The SMILES string of the molecule is O=C1C[C@@H]2[C@@H](O[C@H]3[C@@H](O)[C@H](c4ccc(I)cc4)CC(=O)[C@@H]23)[C@H](c2ccc(I)cc2)C1. The number of aliphatic hydroxyl groups is 1. The van der Waals surface area contributed by atoms with Crippen LogP contribution in [0.4, 0.5) is 0 Å². The Morgan fingerprint density at radius 3 is 1.93 bits per heavy atom. The van der Waals surface area contributed by atoms with Crippen molar-refractivity contribution in [1.29, 1.82) is 0 Å². The highest BCUT2D eigenvalue weighted by atomic mass is 127. The average Bonchev–Trinajstić information content (AvgIpc) is 3.12. The highest BCUT2D eigenvalue weighted by Gasteiger charge is 2.58. The molecule has 5 rings (SSSR count). The van der Waals surface area contributed by atoms with Gasteiger partial charge < -0.3 is 9.84 Å². The molecule has 2 aromatic carbocycles. The summed E-state index contributed by atoms with van der Waals surface area (Å²) in [5, 5.41) is 11.2. The Kier molecular flexibility index (Phi) is 5.79. The molecule has 1 aliphatic heterocycles. The van der Waals surface area contributed by atoms with Crippen LogP contribution in [0, 0.1) is 19.0 Å². The molecule has 0 amide bonds. The van der Waals surface area contributed by atoms with Gasteiger partial charge in [-0.05, 0) is 80.6 Å². The molecule has 156 valence electrons. The maximum Gasteiger partial charge on any atom is 0.139 e. The van der Waals surface area contributed by atoms with Crippen LogP contribution in [0.1, 0.15) is 42.2 Å². The molecule has 3 aliphatic rings. The van der Waals surface area contributed by atoms with Crippen molar-refractivity contribution in [2.75, 3.05) is 0 Å². The second kappa shape index (κ2) is 8.26. The maximum absolute atomic E-state index is 13.2. The smallest absolute Gasteiger partial charge is 0.139 e. The second-order valence-corrected chi connectivity index (χ2v) is 11.2. The van der Waals surface area contributed by atoms with E-state index in [4.69, 9.17) is 4.74 Å². The lowest BCUT2D eigenvalue weighted by Gasteiger charge is -2.36. The third-order valence-corrected chi connectivity index (χ3v) is 8.44. The van der Waals surface area contributed by atoms with Crippen molar-refractivity contribution in [3.8, 4) is 0 Å². The molecular formula is C24H22I2O4. The third-order valence-electron chi connectivity index (χ3n) is 7.00. The van der Waals surface area contributed by atoms with Gasteiger partial charge in [0.1, 0.15) is 11.6 Å². The van der Waals surface area contributed by atoms with Crippen LogP contribution in [-0.4, -0.2) is 35.0 Å². The van der Waals surface area contributed by atoms with Crippen molar-refractivity contribution < 1.29 is 19.4 Å². The fourth-order valence-corrected chi connectivity index (χ4v) is 6.34. The van der Waals surface area contributed by atoms with E-state index in [1.54, 1.807) is 0 Å². The van der Waals surface area contributed by atoms with Crippen LogP contribution >= 0.6 is 45.2 Å². The molecule has 0 bridgehead atoms. The average molecular weight is 628 g/mol. The lowest BCUT2D eigenvalue weighted by Crippen LogP contribution is -2.47. The van der Waals surface area contributed by atoms with Crippen LogP contribution in [0.5, 0.6) is 0 Å². The quantitative estimate of drug-likeness (QED) is 0.500. The van der Waals surface area contributed by atoms with Gasteiger partial charge in [0.05, 0.1) is 24.2 Å². The molecule has 30 heavy (non-hydrogen) atoms. The van der Waals surface area contributed by atoms with E-state index >= 15 is 0 Å². The fourth-order valence-electron chi connectivity index (χ4n) is 5.62. The van der Waals surface area contributed by atoms with Gasteiger partial charge in [-0.3, -0.25) is 9.59 Å². The fraction of sp³-hybridized carbons (Fsp3) is 0.417. The topological polar surface area (TPSA) is 63.6 Å². The van der Waals surface area contributed by atoms with Crippen LogP contribution in [-0.2, 0) is 14.3 Å². The molecule has 2 aliphatic carbocycles. The summed E-state index contributed by atoms with van der Waals surface area (Å²) in [5.41, 5.74) is 2.05. The number of halogens is 2. The second-order valence-electron chi connectivity index (χ2n) is 8.68. The Labute approximate surface area is 203 Å². The molecule has 3 fully saturated rings. The summed E-state index contributed by atoms with van der Waals surface area (Å²) < 4.78 is 8.71. The Morgan fingerprint density at radius 1 is 0.767 bits per heavy atom. The van der Waals surface area contributed by atoms with Crippen molar-refractivity contribution in [3.05, 3.63) is 66.8 Å². The van der Waals surface area contributed by atoms with Crippen LogP contribution in [0.15, 0.2) is 48.5 Å². The molecule has 1 N–H and O–H groups in total. The first kappa shape index (κ1) is 21.0. The summed E-state index contributed by atoms with van der Waals surface area (Å²) in [5.74, 6) is -0.538. The van der Waals surface area contributed by atoms with Crippen LogP contribution in [0.25, 0.3) is 0 Å². The molecule has 0 spiro atoms. The summed E-state index contributed by atoms with van der Waals surface area (Å²) in [6.07, 6.45) is -0.371. The number of rotatable bonds is 2. The van der Waals surface area contributed by atoms with Gasteiger partial charge in [-0.1, -0.05) is 24.3 Å². The summed E-state index contributed by atoms with van der Waals surface area (Å²) in [4.78, 5) is 25.8. The van der Waals surface area contributed by atoms with Crippen molar-refractivity contribution in [3.63, 3.8) is 0 Å². The molecular weight excluding hydrogens is 606 g/mol. The number of Topliss-reactive ketones (excluding diaryl/α,β-unsaturated/α-hetero) is 2. The van der Waals surface area contributed by atoms with E-state index in [2.05, 4.69) is 57.3 Å². The van der Waals surface area contributed by atoms with Gasteiger partial charge in [0.25, 0.3) is 0 Å². The molecule has 2 saturated carbocycles. The first-order valence-electron chi connectivity index (χ1n) is 10.3. The number of carbonyl (C=O) groups excluding carboxylic acids is 2. The van der Waals surface area contributed by atoms with Gasteiger partial charge in [0, 0.05) is 44.2 Å². The van der Waals surface area contributed by atoms with E-state index in [0.29, 0.717) is 19.3 Å². The van der Waals surface area contributed by atoms with E-state index in [-0.39, 0.29) is 41.3 Å². The molecule has 6 heteroatoms. The highest BCUT2D eigenvalue weighted by molar-refractivity contribution is 14.1. The lowest BCUT2D eigenvalue weighted by atomic mass is 9.65. The minimum Gasteiger partial charge on any atom is -0.390 e. The van der Waals surface area contributed by atoms with Gasteiger partial charge in [-0.15, -0.1) is 0 Å². The number of aliphatic hydroxyl groups excluding tert-OH is 1. The van der Waals surface area contributed by atoms with Crippen molar-refractivity contribution in [2.45, 2.75) is 49.4 Å². The zero-order valence-corrected chi connectivity index (χ0v) is 20.5. The predicted octanol–water partition coefficient (Wildman–Crippen LogP) is 4.46. The van der Waals surface area contributed by atoms with Gasteiger partial charge in [0.15, 0.2) is 0 Å². The van der Waals surface area contributed by atoms with Gasteiger partial charge in [-0.2, -0.15) is 0 Å². The van der Waals surface area contributed by atoms with Gasteiger partial charge in [-0.25, -0.2) is 0 Å². The van der Waals surface area contributed by atoms with E-state index in [9.17, 15) is 14.7 Å². The maximum atomic E-state index is 13.2. The Hall–Kier alpha value is -0.840. The summed E-state index contributed by atoms with van der Waals surface area (Å²) in [6, 6.07) is 16.2. The number of fused-ring (bicyclic) bond motifs is 3. The van der Waals surface area contributed by atoms with Crippen LogP contribution < -0.4 is 0 Å². The van der Waals surface area contributed by atoms with Crippen molar-refractivity contribution in [2.24, 2.45) is 11.8 Å². The molecule has 2 aromatic rings. The Bertz CT molecular complexity index is 972. The summed E-state index contributed by atoms with van der Waals surface area (Å²) in [7, 11) is 0. The largest absolute Gasteiger partial charge is 0.390 e. The van der Waals surface area contributed by atoms with Gasteiger partial charge >= 0.3 is 0 Å². The first-order valence-corrected chi connectivity index (χ1v) is 12.5. The summed E-state index contributed by atoms with van der Waals surface area (Å²) in [6.45, 7) is 0. The van der Waals surface area contributed by atoms with Crippen molar-refractivity contribution in [1.82, 2.24) is 0 Å². The summed E-state index contributed by atoms with van der Waals surface area (Å²) >= 11 is 4.52. The van der Waals surface area contributed by atoms with Crippen LogP contribution in [0.3, 0.4) is 0 Å². The Balaban J connectivity index is 1.46. The minimum atomic E-state index is -0.745. The number of carbonyl (C=O) groups is 2. The molecule has 0 aromatic heterocycles. The standard InChI is InChI=1S/C24H22I2O4/c25-14-5-1-12(2-6-14)17-11-20(28)21-19-10-16(27)9-18(13-3-7-15(26)8-4-13)23(19)30-24(21)22(17)29/h1-8,17-19,21-24,29H,9-11H2/t17-,18-,19-,21+,22-,23-,24+/m0/s1. The highest BCUT2D eigenvalue weighted by Crippen LogP contribution is 2.52. The van der Waals surface area contributed by atoms with Crippen LogP contribution in [0.2, 0.25) is 0 Å². The van der Waals surface area contributed by atoms with Gasteiger partial charge in [0.2, 0.25) is 0 Å². The first-order chi connectivity index (χ1) is 14.4. The molecule has 7 atom stereocenters. The number of hydrogen-bond donors (Lipinski definition) is 1. The zero-order valence-electron chi connectivity index (χ0n) is 16.2. The molecule has 1 heterocycles. The zero-order chi connectivity index (χ0) is 21.0.